The van der Waals surface area contributed by atoms with Crippen LogP contribution in [0.25, 0.3) is 0 Å². The standard InChI is InChI=1S/C18H32N2O4/c1-15(2,3)13(21)19-12-9-8-10-20(11-12)14(22)18(23)16(4,5)24-17(18,6)7/h12,23H,8-11H2,1-7H3,(H,19,21). The van der Waals surface area contributed by atoms with Gasteiger partial charge in [-0.05, 0) is 40.5 Å². The minimum absolute atomic E-state index is 0.0202. The summed E-state index contributed by atoms with van der Waals surface area (Å²) in [6.07, 6.45) is 1.64. The van der Waals surface area contributed by atoms with Gasteiger partial charge in [0, 0.05) is 24.5 Å². The Balaban J connectivity index is 2.10. The van der Waals surface area contributed by atoms with Crippen molar-refractivity contribution in [1.82, 2.24) is 10.2 Å². The lowest BCUT2D eigenvalue weighted by Gasteiger charge is -2.63. The highest BCUT2D eigenvalue weighted by atomic mass is 16.6. The molecule has 6 nitrogen and oxygen atoms in total. The van der Waals surface area contributed by atoms with E-state index < -0.39 is 22.2 Å². The number of rotatable bonds is 2. The molecule has 0 aromatic heterocycles. The van der Waals surface area contributed by atoms with Crippen molar-refractivity contribution in [2.24, 2.45) is 5.41 Å². The molecule has 2 amide bonds. The minimum atomic E-state index is -1.56. The third kappa shape index (κ3) is 2.94. The van der Waals surface area contributed by atoms with E-state index in [1.807, 2.05) is 20.8 Å². The van der Waals surface area contributed by atoms with Crippen LogP contribution in [0.3, 0.4) is 0 Å². The first-order valence-electron chi connectivity index (χ1n) is 8.75. The van der Waals surface area contributed by atoms with E-state index in [9.17, 15) is 14.7 Å². The summed E-state index contributed by atoms with van der Waals surface area (Å²) >= 11 is 0. The van der Waals surface area contributed by atoms with Crippen LogP contribution in [0.15, 0.2) is 0 Å². The largest absolute Gasteiger partial charge is 0.375 e. The Morgan fingerprint density at radius 1 is 1.17 bits per heavy atom. The van der Waals surface area contributed by atoms with Gasteiger partial charge < -0.3 is 20.1 Å². The van der Waals surface area contributed by atoms with Crippen LogP contribution in [0, 0.1) is 5.41 Å². The summed E-state index contributed by atoms with van der Waals surface area (Å²) in [7, 11) is 0. The molecule has 24 heavy (non-hydrogen) atoms. The second-order valence-corrected chi connectivity index (χ2v) is 9.15. The SMILES string of the molecule is CC(C)(C)C(=O)NC1CCCN(C(=O)C2(O)C(C)(C)OC2(C)C)C1. The lowest BCUT2D eigenvalue weighted by atomic mass is 9.66. The van der Waals surface area contributed by atoms with Gasteiger partial charge in [0.15, 0.2) is 0 Å². The lowest BCUT2D eigenvalue weighted by Crippen LogP contribution is -2.82. The maximum Gasteiger partial charge on any atom is 0.260 e. The Bertz CT molecular complexity index is 520. The molecule has 2 aliphatic rings. The van der Waals surface area contributed by atoms with E-state index in [0.717, 1.165) is 12.8 Å². The fraction of sp³-hybridized carbons (Fsp3) is 0.889. The number of piperidine rings is 1. The van der Waals surface area contributed by atoms with Gasteiger partial charge >= 0.3 is 0 Å². The summed E-state index contributed by atoms with van der Waals surface area (Å²) < 4.78 is 5.71. The summed E-state index contributed by atoms with van der Waals surface area (Å²) in [4.78, 5) is 26.9. The summed E-state index contributed by atoms with van der Waals surface area (Å²) in [6.45, 7) is 13.6. The minimum Gasteiger partial charge on any atom is -0.375 e. The average molecular weight is 340 g/mol. The molecule has 2 heterocycles. The molecule has 0 aromatic rings. The van der Waals surface area contributed by atoms with Gasteiger partial charge in [0.05, 0.1) is 0 Å². The number of nitrogens with zero attached hydrogens (tertiary/aromatic N) is 1. The van der Waals surface area contributed by atoms with E-state index in [1.54, 1.807) is 32.6 Å². The van der Waals surface area contributed by atoms with Gasteiger partial charge in [-0.25, -0.2) is 0 Å². The first kappa shape index (κ1) is 19.2. The number of aliphatic hydroxyl groups is 1. The zero-order valence-electron chi connectivity index (χ0n) is 16.0. The van der Waals surface area contributed by atoms with Crippen LogP contribution in [0.4, 0.5) is 0 Å². The second kappa shape index (κ2) is 5.70. The first-order chi connectivity index (χ1) is 10.7. The summed E-state index contributed by atoms with van der Waals surface area (Å²) in [5.74, 6) is -0.327. The molecule has 2 N–H and O–H groups in total. The third-order valence-electron chi connectivity index (χ3n) is 5.29. The molecule has 6 heteroatoms. The van der Waals surface area contributed by atoms with E-state index in [2.05, 4.69) is 5.32 Å². The van der Waals surface area contributed by atoms with Crippen LogP contribution in [0.1, 0.15) is 61.3 Å². The lowest BCUT2D eigenvalue weighted by molar-refractivity contribution is -0.365. The highest BCUT2D eigenvalue weighted by Crippen LogP contribution is 2.51. The third-order valence-corrected chi connectivity index (χ3v) is 5.29. The molecule has 0 radical (unpaired) electrons. The normalized spacial score (nSPS) is 28.0. The molecule has 0 aromatic carbocycles. The highest BCUT2D eigenvalue weighted by molar-refractivity contribution is 5.89. The molecule has 2 aliphatic heterocycles. The predicted octanol–water partition coefficient (Wildman–Crippen LogP) is 1.46. The van der Waals surface area contributed by atoms with Crippen LogP contribution in [0.2, 0.25) is 0 Å². The Morgan fingerprint density at radius 3 is 2.17 bits per heavy atom. The maximum atomic E-state index is 13.0. The topological polar surface area (TPSA) is 78.9 Å². The number of hydrogen-bond acceptors (Lipinski definition) is 4. The monoisotopic (exact) mass is 340 g/mol. The zero-order valence-corrected chi connectivity index (χ0v) is 16.0. The van der Waals surface area contributed by atoms with Crippen LogP contribution in [0.5, 0.6) is 0 Å². The number of carbonyl (C=O) groups excluding carboxylic acids is 2. The molecular weight excluding hydrogens is 308 g/mol. The molecule has 138 valence electrons. The van der Waals surface area contributed by atoms with E-state index in [1.165, 1.54) is 0 Å². The molecule has 1 unspecified atom stereocenters. The highest BCUT2D eigenvalue weighted by Gasteiger charge is 2.72. The molecule has 0 aliphatic carbocycles. The van der Waals surface area contributed by atoms with Crippen molar-refractivity contribution in [2.75, 3.05) is 13.1 Å². The molecule has 0 spiro atoms. The molecular formula is C18H32N2O4. The van der Waals surface area contributed by atoms with Crippen molar-refractivity contribution >= 4 is 11.8 Å². The van der Waals surface area contributed by atoms with Gasteiger partial charge in [-0.15, -0.1) is 0 Å². The molecule has 1 atom stereocenters. The van der Waals surface area contributed by atoms with E-state index >= 15 is 0 Å². The van der Waals surface area contributed by atoms with Crippen molar-refractivity contribution in [2.45, 2.75) is 84.2 Å². The Hall–Kier alpha value is -1.14. The van der Waals surface area contributed by atoms with Crippen molar-refractivity contribution in [1.29, 1.82) is 0 Å². The van der Waals surface area contributed by atoms with Gasteiger partial charge in [-0.2, -0.15) is 0 Å². The summed E-state index contributed by atoms with van der Waals surface area (Å²) in [6, 6.07) is -0.0785. The Labute approximate surface area is 144 Å². The molecule has 2 rings (SSSR count). The van der Waals surface area contributed by atoms with Gasteiger partial charge in [0.2, 0.25) is 11.5 Å². The van der Waals surface area contributed by atoms with Crippen LogP contribution < -0.4 is 5.32 Å². The molecule has 2 fully saturated rings. The number of likely N-dealkylation sites (tertiary alicyclic amines) is 1. The fourth-order valence-electron chi connectivity index (χ4n) is 3.89. The number of ether oxygens (including phenoxy) is 1. The number of carbonyl (C=O) groups is 2. The van der Waals surface area contributed by atoms with E-state index in [0.29, 0.717) is 13.1 Å². The fourth-order valence-corrected chi connectivity index (χ4v) is 3.89. The summed E-state index contributed by atoms with van der Waals surface area (Å²) in [5.41, 5.74) is -3.86. The quantitative estimate of drug-likeness (QED) is 0.798. The molecule has 0 saturated carbocycles. The van der Waals surface area contributed by atoms with E-state index in [4.69, 9.17) is 4.74 Å². The summed E-state index contributed by atoms with van der Waals surface area (Å²) in [5, 5.41) is 14.1. The van der Waals surface area contributed by atoms with Crippen molar-refractivity contribution in [3.05, 3.63) is 0 Å². The number of amides is 2. The van der Waals surface area contributed by atoms with Crippen molar-refractivity contribution in [3.8, 4) is 0 Å². The second-order valence-electron chi connectivity index (χ2n) is 9.15. The van der Waals surface area contributed by atoms with Gasteiger partial charge in [0.25, 0.3) is 5.91 Å². The first-order valence-corrected chi connectivity index (χ1v) is 8.75. The van der Waals surface area contributed by atoms with Crippen LogP contribution >= 0.6 is 0 Å². The van der Waals surface area contributed by atoms with E-state index in [-0.39, 0.29) is 17.9 Å². The number of nitrogens with one attached hydrogen (secondary N) is 1. The molecule has 2 saturated heterocycles. The average Bonchev–Trinajstić information content (AvgIpc) is 2.43. The van der Waals surface area contributed by atoms with Crippen molar-refractivity contribution < 1.29 is 19.4 Å². The van der Waals surface area contributed by atoms with Crippen molar-refractivity contribution in [3.63, 3.8) is 0 Å². The zero-order chi connectivity index (χ0) is 18.6. The van der Waals surface area contributed by atoms with Crippen LogP contribution in [-0.2, 0) is 14.3 Å². The smallest absolute Gasteiger partial charge is 0.260 e. The molecule has 0 bridgehead atoms. The predicted molar refractivity (Wildman–Crippen MR) is 91.4 cm³/mol. The Kier molecular flexibility index (Phi) is 4.56. The van der Waals surface area contributed by atoms with Crippen LogP contribution in [-0.4, -0.2) is 57.8 Å². The van der Waals surface area contributed by atoms with Gasteiger partial charge in [-0.3, -0.25) is 9.59 Å². The van der Waals surface area contributed by atoms with Gasteiger partial charge in [0.1, 0.15) is 11.2 Å². The van der Waals surface area contributed by atoms with Gasteiger partial charge in [-0.1, -0.05) is 20.8 Å². The number of hydrogen-bond donors (Lipinski definition) is 2. The Morgan fingerprint density at radius 2 is 1.71 bits per heavy atom. The maximum absolute atomic E-state index is 13.0.